The number of benzene rings is 2. The minimum atomic E-state index is -0.768. The first-order chi connectivity index (χ1) is 17.3. The monoisotopic (exact) mass is 527 g/mol. The van der Waals surface area contributed by atoms with E-state index in [0.717, 1.165) is 34.1 Å². The number of amides is 2. The van der Waals surface area contributed by atoms with Crippen LogP contribution < -0.4 is 15.1 Å². The molecule has 0 bridgehead atoms. The largest absolute Gasteiger partial charge is 0.495 e. The number of para-hydroxylation sites is 2. The van der Waals surface area contributed by atoms with Crippen molar-refractivity contribution in [1.82, 2.24) is 14.9 Å². The van der Waals surface area contributed by atoms with Crippen LogP contribution in [0.25, 0.3) is 5.69 Å². The Morgan fingerprint density at radius 1 is 1.00 bits per heavy atom. The van der Waals surface area contributed by atoms with Gasteiger partial charge in [0.15, 0.2) is 0 Å². The molecule has 1 aliphatic rings. The lowest BCUT2D eigenvalue weighted by molar-refractivity contribution is -0.146. The summed E-state index contributed by atoms with van der Waals surface area (Å²) in [5.74, 6) is -0.591. The van der Waals surface area contributed by atoms with Crippen molar-refractivity contribution in [3.8, 4) is 11.4 Å². The average molecular weight is 528 g/mol. The van der Waals surface area contributed by atoms with Crippen molar-refractivity contribution in [3.05, 3.63) is 75.5 Å². The molecule has 10 heteroatoms. The van der Waals surface area contributed by atoms with Crippen molar-refractivity contribution in [2.75, 3.05) is 38.2 Å². The quantitative estimate of drug-likeness (QED) is 0.306. The normalized spacial score (nSPS) is 13.8. The number of nitrogens with one attached hydrogen (secondary N) is 1. The molecule has 0 radical (unpaired) electrons. The Hall–Kier alpha value is -3.49. The minimum Gasteiger partial charge on any atom is -0.495 e. The van der Waals surface area contributed by atoms with Gasteiger partial charge in [-0.2, -0.15) is 5.10 Å². The average Bonchev–Trinajstić information content (AvgIpc) is 3.17. The van der Waals surface area contributed by atoms with E-state index < -0.39 is 11.8 Å². The Balaban J connectivity index is 1.36. The zero-order valence-corrected chi connectivity index (χ0v) is 21.8. The highest BCUT2D eigenvalue weighted by Gasteiger charge is 2.27. The number of hydrogen-bond acceptors (Lipinski definition) is 5. The van der Waals surface area contributed by atoms with Gasteiger partial charge >= 0.3 is 11.8 Å². The molecule has 1 N–H and O–H groups in total. The summed E-state index contributed by atoms with van der Waals surface area (Å²) in [4.78, 5) is 28.8. The number of methoxy groups -OCH3 is 1. The molecule has 8 nitrogen and oxygen atoms in total. The van der Waals surface area contributed by atoms with Gasteiger partial charge in [-0.05, 0) is 50.2 Å². The van der Waals surface area contributed by atoms with Crippen LogP contribution >= 0.6 is 23.2 Å². The Morgan fingerprint density at radius 3 is 2.42 bits per heavy atom. The zero-order valence-electron chi connectivity index (χ0n) is 20.3. The summed E-state index contributed by atoms with van der Waals surface area (Å²) in [5.41, 5.74) is 6.87. The third kappa shape index (κ3) is 5.34. The molecule has 0 saturated carbocycles. The van der Waals surface area contributed by atoms with E-state index in [1.807, 2.05) is 54.8 Å². The molecule has 2 heterocycles. The maximum Gasteiger partial charge on any atom is 0.329 e. The van der Waals surface area contributed by atoms with E-state index in [1.54, 1.807) is 19.2 Å². The summed E-state index contributed by atoms with van der Waals surface area (Å²) in [6.07, 6.45) is 1.53. The minimum absolute atomic E-state index is 0.429. The van der Waals surface area contributed by atoms with Crippen LogP contribution in [0.2, 0.25) is 10.0 Å². The number of ether oxygens (including phenoxy) is 1. The van der Waals surface area contributed by atoms with Crippen molar-refractivity contribution in [2.24, 2.45) is 5.10 Å². The first-order valence-electron chi connectivity index (χ1n) is 11.4. The number of hydrazone groups is 1. The topological polar surface area (TPSA) is 79.2 Å². The van der Waals surface area contributed by atoms with Crippen LogP contribution in [0, 0.1) is 13.8 Å². The standard InChI is InChI=1S/C26H27Cl2N5O3/c1-17-14-19(18(2)33(17)20-8-9-21(27)22(28)15-20)16-29-30-25(34)26(35)32-12-10-31(11-13-32)23-6-4-5-7-24(23)36-3/h4-9,14-16H,10-13H2,1-3H3,(H,30,34)/b29-16-. The Kier molecular flexibility index (Phi) is 7.86. The number of piperazine rings is 1. The number of aromatic nitrogens is 1. The number of carbonyl (C=O) groups is 2. The van der Waals surface area contributed by atoms with Gasteiger partial charge in [0.2, 0.25) is 0 Å². The maximum atomic E-state index is 12.6. The summed E-state index contributed by atoms with van der Waals surface area (Å²) in [6, 6.07) is 15.1. The highest BCUT2D eigenvalue weighted by molar-refractivity contribution is 6.42. The Labute approximate surface area is 220 Å². The summed E-state index contributed by atoms with van der Waals surface area (Å²) in [7, 11) is 1.63. The molecule has 0 unspecified atom stereocenters. The van der Waals surface area contributed by atoms with Crippen LogP contribution in [0.3, 0.4) is 0 Å². The summed E-state index contributed by atoms with van der Waals surface area (Å²) in [6.45, 7) is 5.95. The molecular weight excluding hydrogens is 501 g/mol. The van der Waals surface area contributed by atoms with Crippen molar-refractivity contribution in [2.45, 2.75) is 13.8 Å². The van der Waals surface area contributed by atoms with E-state index in [1.165, 1.54) is 11.1 Å². The number of hydrogen-bond donors (Lipinski definition) is 1. The number of carbonyl (C=O) groups excluding carboxylic acids is 2. The van der Waals surface area contributed by atoms with E-state index >= 15 is 0 Å². The van der Waals surface area contributed by atoms with Gasteiger partial charge in [-0.25, -0.2) is 5.43 Å². The fraction of sp³-hybridized carbons (Fsp3) is 0.269. The number of anilines is 1. The first kappa shape index (κ1) is 25.6. The molecule has 1 fully saturated rings. The van der Waals surface area contributed by atoms with E-state index in [0.29, 0.717) is 36.2 Å². The van der Waals surface area contributed by atoms with E-state index in [9.17, 15) is 9.59 Å². The summed E-state index contributed by atoms with van der Waals surface area (Å²) in [5, 5.41) is 4.97. The van der Waals surface area contributed by atoms with Gasteiger partial charge in [0.25, 0.3) is 0 Å². The van der Waals surface area contributed by atoms with Gasteiger partial charge in [-0.3, -0.25) is 9.59 Å². The summed E-state index contributed by atoms with van der Waals surface area (Å²) >= 11 is 12.2. The fourth-order valence-corrected chi connectivity index (χ4v) is 4.63. The SMILES string of the molecule is COc1ccccc1N1CCN(C(=O)C(=O)N/N=C\c2cc(C)n(-c3ccc(Cl)c(Cl)c3)c2C)CC1. The molecule has 0 aliphatic carbocycles. The van der Waals surface area contributed by atoms with E-state index in [4.69, 9.17) is 27.9 Å². The Morgan fingerprint density at radius 2 is 1.72 bits per heavy atom. The highest BCUT2D eigenvalue weighted by Crippen LogP contribution is 2.29. The second-order valence-corrected chi connectivity index (χ2v) is 9.22. The smallest absolute Gasteiger partial charge is 0.329 e. The second kappa shape index (κ2) is 11.1. The third-order valence-corrected chi connectivity index (χ3v) is 6.93. The fourth-order valence-electron chi connectivity index (χ4n) is 4.33. The van der Waals surface area contributed by atoms with Gasteiger partial charge in [0.1, 0.15) is 5.75 Å². The number of nitrogens with zero attached hydrogens (tertiary/aromatic N) is 4. The lowest BCUT2D eigenvalue weighted by Gasteiger charge is -2.36. The molecule has 0 atom stereocenters. The zero-order chi connectivity index (χ0) is 25.8. The number of rotatable bonds is 5. The highest BCUT2D eigenvalue weighted by atomic mass is 35.5. The molecule has 3 aromatic rings. The van der Waals surface area contributed by atoms with Crippen LogP contribution in [-0.4, -0.2) is 60.8 Å². The van der Waals surface area contributed by atoms with Gasteiger partial charge < -0.3 is 19.1 Å². The molecule has 188 valence electrons. The van der Waals surface area contributed by atoms with Crippen LogP contribution in [-0.2, 0) is 9.59 Å². The second-order valence-electron chi connectivity index (χ2n) is 8.41. The summed E-state index contributed by atoms with van der Waals surface area (Å²) < 4.78 is 7.44. The van der Waals surface area contributed by atoms with Crippen LogP contribution in [0.5, 0.6) is 5.75 Å². The van der Waals surface area contributed by atoms with Gasteiger partial charge in [-0.15, -0.1) is 0 Å². The molecule has 1 aliphatic heterocycles. The number of halogens is 2. The molecule has 36 heavy (non-hydrogen) atoms. The van der Waals surface area contributed by atoms with Gasteiger partial charge in [-0.1, -0.05) is 35.3 Å². The third-order valence-electron chi connectivity index (χ3n) is 6.19. The van der Waals surface area contributed by atoms with Crippen LogP contribution in [0.4, 0.5) is 5.69 Å². The van der Waals surface area contributed by atoms with Crippen molar-refractivity contribution < 1.29 is 14.3 Å². The molecule has 1 aromatic heterocycles. The molecule has 4 rings (SSSR count). The van der Waals surface area contributed by atoms with Gasteiger partial charge in [0.05, 0.1) is 29.1 Å². The molecule has 1 saturated heterocycles. The Bertz CT molecular complexity index is 1310. The van der Waals surface area contributed by atoms with Crippen molar-refractivity contribution in [3.63, 3.8) is 0 Å². The molecule has 2 amide bonds. The maximum absolute atomic E-state index is 12.6. The molecule has 0 spiro atoms. The van der Waals surface area contributed by atoms with Crippen molar-refractivity contribution in [1.29, 1.82) is 0 Å². The molecular formula is C26H27Cl2N5O3. The van der Waals surface area contributed by atoms with E-state index in [-0.39, 0.29) is 0 Å². The first-order valence-corrected chi connectivity index (χ1v) is 12.2. The van der Waals surface area contributed by atoms with Crippen molar-refractivity contribution >= 4 is 46.9 Å². The van der Waals surface area contributed by atoms with E-state index in [2.05, 4.69) is 15.4 Å². The number of aryl methyl sites for hydroxylation is 1. The lowest BCUT2D eigenvalue weighted by atomic mass is 10.2. The van der Waals surface area contributed by atoms with Gasteiger partial charge in [0, 0.05) is 48.8 Å². The van der Waals surface area contributed by atoms with Crippen LogP contribution in [0.1, 0.15) is 17.0 Å². The van der Waals surface area contributed by atoms with Crippen LogP contribution in [0.15, 0.2) is 53.6 Å². The predicted molar refractivity (Wildman–Crippen MR) is 143 cm³/mol. The lowest BCUT2D eigenvalue weighted by Crippen LogP contribution is -2.52. The molecule has 2 aromatic carbocycles. The predicted octanol–water partition coefficient (Wildman–Crippen LogP) is 4.21.